The molecule has 1 aliphatic carbocycles. The van der Waals surface area contributed by atoms with Gasteiger partial charge < -0.3 is 9.88 Å². The number of aromatic nitrogens is 2. The predicted octanol–water partition coefficient (Wildman–Crippen LogP) is 3.23. The minimum Gasteiger partial charge on any atom is -0.353 e. The molecule has 1 N–H and O–H groups in total. The maximum atomic E-state index is 12.6. The van der Waals surface area contributed by atoms with Crippen molar-refractivity contribution in [3.8, 4) is 0 Å². The van der Waals surface area contributed by atoms with Crippen LogP contribution >= 0.6 is 0 Å². The van der Waals surface area contributed by atoms with Crippen LogP contribution in [0.25, 0.3) is 11.0 Å². The monoisotopic (exact) mass is 354 g/mol. The molecule has 2 aromatic rings. The van der Waals surface area contributed by atoms with E-state index in [2.05, 4.69) is 40.0 Å². The van der Waals surface area contributed by atoms with E-state index in [1.165, 1.54) is 24.8 Å². The quantitative estimate of drug-likeness (QED) is 0.917. The number of carbonyl (C=O) groups excluding carboxylic acids is 1. The van der Waals surface area contributed by atoms with E-state index < -0.39 is 0 Å². The van der Waals surface area contributed by atoms with Crippen molar-refractivity contribution in [2.45, 2.75) is 57.5 Å². The Bertz CT molecular complexity index is 754. The van der Waals surface area contributed by atoms with Crippen LogP contribution in [0.4, 0.5) is 0 Å². The maximum absolute atomic E-state index is 12.6. The molecule has 1 aromatic carbocycles. The lowest BCUT2D eigenvalue weighted by molar-refractivity contribution is -0.127. The van der Waals surface area contributed by atoms with Crippen LogP contribution in [0.3, 0.4) is 0 Å². The van der Waals surface area contributed by atoms with E-state index in [-0.39, 0.29) is 5.92 Å². The number of fused-ring (bicyclic) bond motifs is 1. The van der Waals surface area contributed by atoms with Gasteiger partial charge in [-0.15, -0.1) is 0 Å². The predicted molar refractivity (Wildman–Crippen MR) is 104 cm³/mol. The Balaban J connectivity index is 1.30. The first kappa shape index (κ1) is 17.5. The summed E-state index contributed by atoms with van der Waals surface area (Å²) < 4.78 is 2.19. The number of carbonyl (C=O) groups is 1. The van der Waals surface area contributed by atoms with Crippen LogP contribution in [0.1, 0.15) is 50.8 Å². The summed E-state index contributed by atoms with van der Waals surface area (Å²) in [5.41, 5.74) is 2.25. The van der Waals surface area contributed by atoms with Crippen LogP contribution in [0.5, 0.6) is 0 Å². The molecule has 1 aliphatic heterocycles. The molecule has 1 amide bonds. The summed E-state index contributed by atoms with van der Waals surface area (Å²) in [4.78, 5) is 19.8. The topological polar surface area (TPSA) is 50.2 Å². The zero-order valence-corrected chi connectivity index (χ0v) is 15.8. The number of likely N-dealkylation sites (tertiary alicyclic amines) is 1. The number of imidazole rings is 1. The van der Waals surface area contributed by atoms with Gasteiger partial charge in [0.1, 0.15) is 5.82 Å². The van der Waals surface area contributed by atoms with Crippen LogP contribution < -0.4 is 5.32 Å². The van der Waals surface area contributed by atoms with E-state index in [4.69, 9.17) is 4.98 Å². The standard InChI is InChI=1S/C21H30N4O/c1-24-19-10-6-5-9-18(19)23-20(24)15-25-13-11-16(12-14-25)21(26)22-17-7-3-2-4-8-17/h5-6,9-10,16-17H,2-4,7-8,11-15H2,1H3,(H,22,26). The van der Waals surface area contributed by atoms with Gasteiger partial charge in [-0.25, -0.2) is 4.98 Å². The number of aryl methyl sites for hydroxylation is 1. The molecule has 0 radical (unpaired) electrons. The second-order valence-corrected chi connectivity index (χ2v) is 7.97. The molecule has 5 nitrogen and oxygen atoms in total. The second-order valence-electron chi connectivity index (χ2n) is 7.97. The zero-order chi connectivity index (χ0) is 17.9. The molecular formula is C21H30N4O. The van der Waals surface area contributed by atoms with Gasteiger partial charge in [0.05, 0.1) is 17.6 Å². The molecule has 0 bridgehead atoms. The average molecular weight is 354 g/mol. The Kier molecular flexibility index (Phi) is 5.25. The molecule has 2 fully saturated rings. The summed E-state index contributed by atoms with van der Waals surface area (Å²) >= 11 is 0. The number of hydrogen-bond acceptors (Lipinski definition) is 3. The molecule has 4 rings (SSSR count). The van der Waals surface area contributed by atoms with Gasteiger partial charge in [-0.3, -0.25) is 9.69 Å². The number of para-hydroxylation sites is 2. The Labute approximate surface area is 155 Å². The molecule has 2 aliphatic rings. The van der Waals surface area contributed by atoms with E-state index in [0.717, 1.165) is 56.7 Å². The van der Waals surface area contributed by atoms with Crippen LogP contribution in [0.2, 0.25) is 0 Å². The molecule has 1 aromatic heterocycles. The fourth-order valence-electron chi connectivity index (χ4n) is 4.46. The van der Waals surface area contributed by atoms with Gasteiger partial charge in [0, 0.05) is 19.0 Å². The van der Waals surface area contributed by atoms with E-state index in [9.17, 15) is 4.79 Å². The van der Waals surface area contributed by atoms with E-state index in [1.54, 1.807) is 0 Å². The molecule has 1 saturated carbocycles. The minimum absolute atomic E-state index is 0.189. The summed E-state index contributed by atoms with van der Waals surface area (Å²) in [5.74, 6) is 1.59. The number of nitrogens with one attached hydrogen (secondary N) is 1. The Morgan fingerprint density at radius 3 is 2.58 bits per heavy atom. The molecule has 26 heavy (non-hydrogen) atoms. The van der Waals surface area contributed by atoms with Crippen molar-refractivity contribution in [3.05, 3.63) is 30.1 Å². The summed E-state index contributed by atoms with van der Waals surface area (Å²) in [6.07, 6.45) is 8.11. The first-order valence-corrected chi connectivity index (χ1v) is 10.1. The third kappa shape index (κ3) is 3.78. The number of piperidine rings is 1. The summed E-state index contributed by atoms with van der Waals surface area (Å²) in [7, 11) is 2.09. The maximum Gasteiger partial charge on any atom is 0.223 e. The fraction of sp³-hybridized carbons (Fsp3) is 0.619. The van der Waals surface area contributed by atoms with Gasteiger partial charge in [0.15, 0.2) is 0 Å². The minimum atomic E-state index is 0.189. The van der Waals surface area contributed by atoms with Crippen LogP contribution in [0.15, 0.2) is 24.3 Å². The molecule has 5 heteroatoms. The van der Waals surface area contributed by atoms with Gasteiger partial charge in [0.25, 0.3) is 0 Å². The van der Waals surface area contributed by atoms with Crippen molar-refractivity contribution in [1.29, 1.82) is 0 Å². The van der Waals surface area contributed by atoms with Crippen molar-refractivity contribution in [2.75, 3.05) is 13.1 Å². The molecule has 0 spiro atoms. The molecule has 0 atom stereocenters. The van der Waals surface area contributed by atoms with E-state index in [0.29, 0.717) is 11.9 Å². The number of rotatable bonds is 4. The number of nitrogens with zero attached hydrogens (tertiary/aromatic N) is 3. The van der Waals surface area contributed by atoms with E-state index in [1.807, 2.05) is 6.07 Å². The zero-order valence-electron chi connectivity index (χ0n) is 15.8. The largest absolute Gasteiger partial charge is 0.353 e. The lowest BCUT2D eigenvalue weighted by Crippen LogP contribution is -2.44. The number of benzene rings is 1. The molecule has 2 heterocycles. The molecular weight excluding hydrogens is 324 g/mol. The highest BCUT2D eigenvalue weighted by molar-refractivity contribution is 5.79. The lowest BCUT2D eigenvalue weighted by Gasteiger charge is -2.32. The number of amides is 1. The molecule has 0 unspecified atom stereocenters. The highest BCUT2D eigenvalue weighted by Crippen LogP contribution is 2.23. The average Bonchev–Trinajstić information content (AvgIpc) is 2.99. The smallest absolute Gasteiger partial charge is 0.223 e. The second kappa shape index (κ2) is 7.78. The number of hydrogen-bond donors (Lipinski definition) is 1. The summed E-state index contributed by atoms with van der Waals surface area (Å²) in [5, 5.41) is 3.31. The van der Waals surface area contributed by atoms with Gasteiger partial charge in [-0.2, -0.15) is 0 Å². The van der Waals surface area contributed by atoms with Crippen molar-refractivity contribution in [1.82, 2.24) is 19.8 Å². The highest BCUT2D eigenvalue weighted by Gasteiger charge is 2.27. The van der Waals surface area contributed by atoms with Crippen LogP contribution in [-0.4, -0.2) is 39.5 Å². The Morgan fingerprint density at radius 1 is 1.12 bits per heavy atom. The van der Waals surface area contributed by atoms with Crippen LogP contribution in [-0.2, 0) is 18.4 Å². The Morgan fingerprint density at radius 2 is 1.85 bits per heavy atom. The third-order valence-corrected chi connectivity index (χ3v) is 6.15. The molecule has 1 saturated heterocycles. The summed E-state index contributed by atoms with van der Waals surface area (Å²) in [6.45, 7) is 2.82. The van der Waals surface area contributed by atoms with Crippen LogP contribution in [0, 0.1) is 5.92 Å². The Hall–Kier alpha value is -1.88. The fourth-order valence-corrected chi connectivity index (χ4v) is 4.46. The first-order chi connectivity index (χ1) is 12.7. The third-order valence-electron chi connectivity index (χ3n) is 6.15. The van der Waals surface area contributed by atoms with Crippen molar-refractivity contribution >= 4 is 16.9 Å². The molecule has 140 valence electrons. The summed E-state index contributed by atoms with van der Waals surface area (Å²) in [6, 6.07) is 8.71. The normalized spacial score (nSPS) is 20.5. The van der Waals surface area contributed by atoms with Gasteiger partial charge in [0.2, 0.25) is 5.91 Å². The van der Waals surface area contributed by atoms with Gasteiger partial charge >= 0.3 is 0 Å². The van der Waals surface area contributed by atoms with E-state index >= 15 is 0 Å². The van der Waals surface area contributed by atoms with Crippen molar-refractivity contribution < 1.29 is 4.79 Å². The lowest BCUT2D eigenvalue weighted by atomic mass is 9.92. The first-order valence-electron chi connectivity index (χ1n) is 10.1. The van der Waals surface area contributed by atoms with Gasteiger partial charge in [-0.1, -0.05) is 31.4 Å². The van der Waals surface area contributed by atoms with Crippen molar-refractivity contribution in [2.24, 2.45) is 13.0 Å². The highest BCUT2D eigenvalue weighted by atomic mass is 16.1. The van der Waals surface area contributed by atoms with Crippen molar-refractivity contribution in [3.63, 3.8) is 0 Å². The van der Waals surface area contributed by atoms with Gasteiger partial charge in [-0.05, 0) is 50.9 Å². The SMILES string of the molecule is Cn1c(CN2CCC(C(=O)NC3CCCCC3)CC2)nc2ccccc21.